The van der Waals surface area contributed by atoms with Gasteiger partial charge in [-0.2, -0.15) is 0 Å². The molecule has 0 spiro atoms. The molecule has 0 aliphatic carbocycles. The molecule has 7 heteroatoms. The lowest BCUT2D eigenvalue weighted by Crippen LogP contribution is -2.32. The van der Waals surface area contributed by atoms with E-state index < -0.39 is 0 Å². The fourth-order valence-corrected chi connectivity index (χ4v) is 3.99. The lowest BCUT2D eigenvalue weighted by molar-refractivity contribution is 0.0649. The summed E-state index contributed by atoms with van der Waals surface area (Å²) in [5, 5.41) is 0. The molecule has 1 aliphatic heterocycles. The monoisotopic (exact) mass is 417 g/mol. The summed E-state index contributed by atoms with van der Waals surface area (Å²) in [7, 11) is 0. The summed E-state index contributed by atoms with van der Waals surface area (Å²) in [5.41, 5.74) is 3.21. The summed E-state index contributed by atoms with van der Waals surface area (Å²) in [4.78, 5) is 41.0. The maximum Gasteiger partial charge on any atom is 0.261 e. The van der Waals surface area contributed by atoms with Crippen LogP contribution in [0.5, 0.6) is 0 Å². The van der Waals surface area contributed by atoms with Gasteiger partial charge in [-0.1, -0.05) is 18.2 Å². The molecule has 7 nitrogen and oxygen atoms in total. The Bertz CT molecular complexity index is 1030. The Morgan fingerprint density at radius 3 is 2.39 bits per heavy atom. The summed E-state index contributed by atoms with van der Waals surface area (Å²) < 4.78 is 0. The molecule has 31 heavy (non-hydrogen) atoms. The van der Waals surface area contributed by atoms with E-state index >= 15 is 0 Å². The van der Waals surface area contributed by atoms with Gasteiger partial charge < -0.3 is 4.98 Å². The third-order valence-corrected chi connectivity index (χ3v) is 5.89. The Morgan fingerprint density at radius 1 is 1.00 bits per heavy atom. The first-order valence-corrected chi connectivity index (χ1v) is 10.7. The molecule has 160 valence electrons. The highest BCUT2D eigenvalue weighted by Crippen LogP contribution is 2.24. The van der Waals surface area contributed by atoms with Crippen molar-refractivity contribution >= 4 is 11.8 Å². The number of H-pyrrole nitrogens is 1. The van der Waals surface area contributed by atoms with Crippen molar-refractivity contribution in [3.63, 3.8) is 0 Å². The lowest BCUT2D eigenvalue weighted by atomic mass is 10.1. The third kappa shape index (κ3) is 4.41. The van der Waals surface area contributed by atoms with E-state index in [0.29, 0.717) is 24.2 Å². The number of aromatic nitrogens is 3. The number of carbonyl (C=O) groups is 2. The molecule has 0 saturated carbocycles. The highest BCUT2D eigenvalue weighted by molar-refractivity contribution is 6.21. The second-order valence-electron chi connectivity index (χ2n) is 7.90. The predicted molar refractivity (Wildman–Crippen MR) is 117 cm³/mol. The SMILES string of the molecule is Cc1cccnc1CN(CCCCN1C(=O)c2ccccc2C1=O)C(C)c1ncc[nH]1. The van der Waals surface area contributed by atoms with E-state index in [0.717, 1.165) is 36.5 Å². The van der Waals surface area contributed by atoms with E-state index in [1.807, 2.05) is 18.5 Å². The number of nitrogens with one attached hydrogen (secondary N) is 1. The van der Waals surface area contributed by atoms with Crippen LogP contribution in [-0.4, -0.2) is 49.7 Å². The van der Waals surface area contributed by atoms with Crippen LogP contribution in [0, 0.1) is 6.92 Å². The number of pyridine rings is 1. The van der Waals surface area contributed by atoms with Crippen LogP contribution >= 0.6 is 0 Å². The van der Waals surface area contributed by atoms with E-state index in [4.69, 9.17) is 0 Å². The minimum absolute atomic E-state index is 0.0933. The zero-order valence-corrected chi connectivity index (χ0v) is 17.9. The summed E-state index contributed by atoms with van der Waals surface area (Å²) in [6, 6.07) is 11.1. The van der Waals surface area contributed by atoms with Crippen molar-refractivity contribution in [3.05, 3.63) is 83.2 Å². The fourth-order valence-electron chi connectivity index (χ4n) is 3.99. The van der Waals surface area contributed by atoms with E-state index in [9.17, 15) is 9.59 Å². The van der Waals surface area contributed by atoms with E-state index in [-0.39, 0.29) is 17.9 Å². The first-order valence-electron chi connectivity index (χ1n) is 10.7. The number of hydrogen-bond acceptors (Lipinski definition) is 5. The molecule has 2 amide bonds. The Kier molecular flexibility index (Phi) is 6.23. The standard InChI is InChI=1S/C24H27N5O2/c1-17-8-7-11-25-21(17)16-28(18(2)22-26-12-13-27-22)14-5-6-15-29-23(30)19-9-3-4-10-20(19)24(29)31/h3-4,7-13,18H,5-6,14-16H2,1-2H3,(H,26,27). The quantitative estimate of drug-likeness (QED) is 0.424. The van der Waals surface area contributed by atoms with Gasteiger partial charge in [0.2, 0.25) is 0 Å². The second kappa shape index (κ2) is 9.22. The number of aromatic amines is 1. The Morgan fingerprint density at radius 2 is 1.74 bits per heavy atom. The summed E-state index contributed by atoms with van der Waals surface area (Å²) in [5.74, 6) is 0.532. The maximum atomic E-state index is 12.6. The largest absolute Gasteiger partial charge is 0.347 e. The molecule has 3 heterocycles. The topological polar surface area (TPSA) is 82.2 Å². The average molecular weight is 418 g/mol. The molecule has 1 aromatic carbocycles. The van der Waals surface area contributed by atoms with Crippen LogP contribution in [0.2, 0.25) is 0 Å². The normalized spacial score (nSPS) is 14.4. The third-order valence-electron chi connectivity index (χ3n) is 5.89. The van der Waals surface area contributed by atoms with E-state index in [1.165, 1.54) is 4.90 Å². The van der Waals surface area contributed by atoms with Crippen molar-refractivity contribution < 1.29 is 9.59 Å². The number of rotatable bonds is 9. The van der Waals surface area contributed by atoms with Crippen molar-refractivity contribution in [2.45, 2.75) is 39.3 Å². The lowest BCUT2D eigenvalue weighted by Gasteiger charge is -2.28. The zero-order valence-electron chi connectivity index (χ0n) is 17.9. The fraction of sp³-hybridized carbons (Fsp3) is 0.333. The van der Waals surface area contributed by atoms with Crippen molar-refractivity contribution in [3.8, 4) is 0 Å². The molecular weight excluding hydrogens is 390 g/mol. The molecule has 4 rings (SSSR count). The zero-order chi connectivity index (χ0) is 21.8. The van der Waals surface area contributed by atoms with Crippen LogP contribution in [0.4, 0.5) is 0 Å². The molecule has 0 radical (unpaired) electrons. The van der Waals surface area contributed by atoms with Crippen molar-refractivity contribution in [1.29, 1.82) is 0 Å². The second-order valence-corrected chi connectivity index (χ2v) is 7.90. The Labute approximate surface area is 182 Å². The number of benzene rings is 1. The molecule has 1 N–H and O–H groups in total. The summed E-state index contributed by atoms with van der Waals surface area (Å²) in [6.07, 6.45) is 7.01. The smallest absolute Gasteiger partial charge is 0.261 e. The highest BCUT2D eigenvalue weighted by Gasteiger charge is 2.34. The minimum Gasteiger partial charge on any atom is -0.347 e. The predicted octanol–water partition coefficient (Wildman–Crippen LogP) is 3.75. The molecule has 2 aromatic heterocycles. The van der Waals surface area contributed by atoms with Gasteiger partial charge in [-0.05, 0) is 57.0 Å². The number of nitrogens with zero attached hydrogens (tertiary/aromatic N) is 4. The first-order chi connectivity index (χ1) is 15.1. The molecule has 3 aromatic rings. The number of hydrogen-bond donors (Lipinski definition) is 1. The van der Waals surface area contributed by atoms with Crippen LogP contribution in [0.25, 0.3) is 0 Å². The Hall–Kier alpha value is -3.32. The van der Waals surface area contributed by atoms with Gasteiger partial charge in [0.15, 0.2) is 0 Å². The Balaban J connectivity index is 1.38. The highest BCUT2D eigenvalue weighted by atomic mass is 16.2. The maximum absolute atomic E-state index is 12.6. The van der Waals surface area contributed by atoms with Gasteiger partial charge in [-0.3, -0.25) is 24.4 Å². The molecule has 0 saturated heterocycles. The van der Waals surface area contributed by atoms with Gasteiger partial charge in [-0.25, -0.2) is 4.98 Å². The van der Waals surface area contributed by atoms with Gasteiger partial charge in [-0.15, -0.1) is 0 Å². The molecule has 0 fully saturated rings. The van der Waals surface area contributed by atoms with E-state index in [1.54, 1.807) is 30.5 Å². The number of imide groups is 1. The number of amides is 2. The van der Waals surface area contributed by atoms with Gasteiger partial charge >= 0.3 is 0 Å². The van der Waals surface area contributed by atoms with Gasteiger partial charge in [0.05, 0.1) is 22.9 Å². The van der Waals surface area contributed by atoms with Crippen LogP contribution < -0.4 is 0 Å². The number of fused-ring (bicyclic) bond motifs is 1. The number of aryl methyl sites for hydroxylation is 1. The molecule has 1 unspecified atom stereocenters. The first kappa shape index (κ1) is 20.9. The molecular formula is C24H27N5O2. The molecule has 1 aliphatic rings. The van der Waals surface area contributed by atoms with Gasteiger partial charge in [0.1, 0.15) is 5.82 Å². The van der Waals surface area contributed by atoms with Crippen molar-refractivity contribution in [2.75, 3.05) is 13.1 Å². The van der Waals surface area contributed by atoms with Crippen LogP contribution in [0.1, 0.15) is 63.6 Å². The minimum atomic E-state index is -0.189. The number of carbonyl (C=O) groups excluding carboxylic acids is 2. The van der Waals surface area contributed by atoms with Crippen LogP contribution in [0.3, 0.4) is 0 Å². The number of unbranched alkanes of at least 4 members (excludes halogenated alkanes) is 1. The molecule has 0 bridgehead atoms. The number of imidazole rings is 1. The van der Waals surface area contributed by atoms with Gasteiger partial charge in [0, 0.05) is 31.7 Å². The van der Waals surface area contributed by atoms with E-state index in [2.05, 4.69) is 39.8 Å². The van der Waals surface area contributed by atoms with Crippen LogP contribution in [-0.2, 0) is 6.54 Å². The van der Waals surface area contributed by atoms with Crippen molar-refractivity contribution in [2.24, 2.45) is 0 Å². The average Bonchev–Trinajstić information content (AvgIpc) is 3.40. The molecule has 1 atom stereocenters. The summed E-state index contributed by atoms with van der Waals surface area (Å²) in [6.45, 7) is 6.14. The summed E-state index contributed by atoms with van der Waals surface area (Å²) >= 11 is 0. The van der Waals surface area contributed by atoms with Crippen molar-refractivity contribution in [1.82, 2.24) is 24.8 Å². The van der Waals surface area contributed by atoms with Gasteiger partial charge in [0.25, 0.3) is 11.8 Å². The van der Waals surface area contributed by atoms with Crippen LogP contribution in [0.15, 0.2) is 55.0 Å².